The number of aryl methyl sites for hydroxylation is 1. The van der Waals surface area contributed by atoms with E-state index in [-0.39, 0.29) is 24.0 Å². The number of nitrogens with zero attached hydrogens (tertiary/aromatic N) is 4. The van der Waals surface area contributed by atoms with E-state index in [0.717, 1.165) is 50.3 Å². The first-order chi connectivity index (χ1) is 14.6. The molecule has 174 valence electrons. The molecule has 0 bridgehead atoms. The van der Waals surface area contributed by atoms with Gasteiger partial charge < -0.3 is 24.7 Å². The molecule has 1 aromatic carbocycles. The molecule has 2 N–H and O–H groups in total. The number of rotatable bonds is 13. The second kappa shape index (κ2) is 16.0. The molecular formula is C22H37IN6O2. The number of aliphatic imine (C=N–C) groups is 1. The van der Waals surface area contributed by atoms with Crippen molar-refractivity contribution in [2.24, 2.45) is 18.0 Å². The van der Waals surface area contributed by atoms with Crippen LogP contribution in [-0.2, 0) is 29.7 Å². The summed E-state index contributed by atoms with van der Waals surface area (Å²) in [7, 11) is 1.95. The van der Waals surface area contributed by atoms with Gasteiger partial charge in [0.15, 0.2) is 11.8 Å². The van der Waals surface area contributed by atoms with Gasteiger partial charge in [-0.15, -0.1) is 34.2 Å². The fraction of sp³-hybridized carbons (Fsp3) is 0.591. The van der Waals surface area contributed by atoms with Crippen molar-refractivity contribution in [1.29, 1.82) is 0 Å². The Morgan fingerprint density at radius 2 is 1.94 bits per heavy atom. The van der Waals surface area contributed by atoms with E-state index in [2.05, 4.69) is 44.9 Å². The van der Waals surface area contributed by atoms with Crippen LogP contribution in [0.4, 0.5) is 0 Å². The highest BCUT2D eigenvalue weighted by molar-refractivity contribution is 14.0. The van der Waals surface area contributed by atoms with E-state index in [0.29, 0.717) is 25.7 Å². The summed E-state index contributed by atoms with van der Waals surface area (Å²) in [5.41, 5.74) is 1.19. The molecule has 0 fully saturated rings. The number of aromatic nitrogens is 3. The van der Waals surface area contributed by atoms with Gasteiger partial charge in [0, 0.05) is 33.4 Å². The van der Waals surface area contributed by atoms with Gasteiger partial charge in [0.05, 0.1) is 13.2 Å². The Hall–Kier alpha value is -1.72. The molecule has 0 saturated heterocycles. The van der Waals surface area contributed by atoms with E-state index in [1.165, 1.54) is 5.56 Å². The average molecular weight is 544 g/mol. The molecule has 8 nitrogen and oxygen atoms in total. The maximum atomic E-state index is 5.85. The molecule has 31 heavy (non-hydrogen) atoms. The van der Waals surface area contributed by atoms with Crippen molar-refractivity contribution in [1.82, 2.24) is 25.4 Å². The summed E-state index contributed by atoms with van der Waals surface area (Å²) in [4.78, 5) is 4.68. The first-order valence-corrected chi connectivity index (χ1v) is 10.7. The van der Waals surface area contributed by atoms with Crippen molar-refractivity contribution in [2.75, 3.05) is 32.9 Å². The van der Waals surface area contributed by atoms with Crippen molar-refractivity contribution in [3.05, 3.63) is 47.5 Å². The number of guanidine groups is 1. The zero-order chi connectivity index (χ0) is 21.6. The summed E-state index contributed by atoms with van der Waals surface area (Å²) >= 11 is 0. The van der Waals surface area contributed by atoms with Crippen LogP contribution >= 0.6 is 24.0 Å². The third-order valence-corrected chi connectivity index (χ3v) is 4.66. The third-order valence-electron chi connectivity index (χ3n) is 4.66. The number of hydrogen-bond donors (Lipinski definition) is 2. The Labute approximate surface area is 203 Å². The molecule has 0 radical (unpaired) electrons. The molecule has 1 unspecified atom stereocenters. The smallest absolute Gasteiger partial charge is 0.191 e. The van der Waals surface area contributed by atoms with E-state index in [1.807, 2.05) is 43.7 Å². The second-order valence-corrected chi connectivity index (χ2v) is 7.35. The lowest BCUT2D eigenvalue weighted by Crippen LogP contribution is -2.40. The lowest BCUT2D eigenvalue weighted by atomic mass is 10.2. The van der Waals surface area contributed by atoms with Crippen molar-refractivity contribution in [3.63, 3.8) is 0 Å². The summed E-state index contributed by atoms with van der Waals surface area (Å²) in [6.45, 7) is 10.9. The van der Waals surface area contributed by atoms with Crippen LogP contribution in [0.15, 0.2) is 35.3 Å². The predicted octanol–water partition coefficient (Wildman–Crippen LogP) is 3.06. The van der Waals surface area contributed by atoms with Crippen molar-refractivity contribution in [2.45, 2.75) is 40.3 Å². The van der Waals surface area contributed by atoms with E-state index in [1.54, 1.807) is 0 Å². The fourth-order valence-electron chi connectivity index (χ4n) is 2.72. The van der Waals surface area contributed by atoms with Gasteiger partial charge in [0.1, 0.15) is 12.4 Å². The topological polar surface area (TPSA) is 85.6 Å². The van der Waals surface area contributed by atoms with Crippen LogP contribution in [0.1, 0.15) is 37.5 Å². The molecule has 2 rings (SSSR count). The maximum Gasteiger partial charge on any atom is 0.191 e. The molecule has 1 atom stereocenters. The second-order valence-electron chi connectivity index (χ2n) is 7.35. The Morgan fingerprint density at radius 3 is 2.61 bits per heavy atom. The van der Waals surface area contributed by atoms with Crippen LogP contribution in [0.25, 0.3) is 0 Å². The van der Waals surface area contributed by atoms with Crippen molar-refractivity contribution < 1.29 is 9.47 Å². The number of ether oxygens (including phenoxy) is 2. The lowest BCUT2D eigenvalue weighted by molar-refractivity contribution is 0.0931. The molecule has 2 aromatic rings. The Bertz CT molecular complexity index is 754. The highest BCUT2D eigenvalue weighted by atomic mass is 127. The molecule has 0 spiro atoms. The van der Waals surface area contributed by atoms with E-state index >= 15 is 0 Å². The minimum atomic E-state index is 0. The van der Waals surface area contributed by atoms with Crippen LogP contribution in [0, 0.1) is 12.8 Å². The third kappa shape index (κ3) is 10.9. The number of halogens is 1. The fourth-order valence-corrected chi connectivity index (χ4v) is 2.72. The predicted molar refractivity (Wildman–Crippen MR) is 135 cm³/mol. The van der Waals surface area contributed by atoms with E-state index in [4.69, 9.17) is 9.47 Å². The van der Waals surface area contributed by atoms with Crippen LogP contribution in [-0.4, -0.2) is 53.6 Å². The van der Waals surface area contributed by atoms with Gasteiger partial charge >= 0.3 is 0 Å². The minimum Gasteiger partial charge on any atom is -0.382 e. The summed E-state index contributed by atoms with van der Waals surface area (Å²) in [6, 6.07) is 10.2. The van der Waals surface area contributed by atoms with Gasteiger partial charge in [0.2, 0.25) is 0 Å². The van der Waals surface area contributed by atoms with Crippen LogP contribution in [0.2, 0.25) is 0 Å². The monoisotopic (exact) mass is 544 g/mol. The van der Waals surface area contributed by atoms with Crippen LogP contribution in [0.5, 0.6) is 0 Å². The Morgan fingerprint density at radius 1 is 1.16 bits per heavy atom. The van der Waals surface area contributed by atoms with Gasteiger partial charge in [-0.2, -0.15) is 0 Å². The van der Waals surface area contributed by atoms with Gasteiger partial charge in [-0.1, -0.05) is 37.3 Å². The standard InChI is InChI=1S/C22H36N6O2.HI/c1-5-29-13-9-12-23-22(25-15-21-27-26-19(3)28(21)4)24-14-18(2)16-30-17-20-10-7-6-8-11-20;/h6-8,10-11,18H,5,9,12-17H2,1-4H3,(H2,23,24,25);1H. The minimum absolute atomic E-state index is 0. The normalized spacial score (nSPS) is 12.3. The van der Waals surface area contributed by atoms with Crippen LogP contribution < -0.4 is 10.6 Å². The molecule has 0 aliphatic carbocycles. The maximum absolute atomic E-state index is 5.85. The first kappa shape index (κ1) is 27.3. The molecule has 9 heteroatoms. The quantitative estimate of drug-likeness (QED) is 0.175. The molecule has 0 amide bonds. The summed E-state index contributed by atoms with van der Waals surface area (Å²) < 4.78 is 13.2. The summed E-state index contributed by atoms with van der Waals surface area (Å²) in [6.07, 6.45) is 0.924. The largest absolute Gasteiger partial charge is 0.382 e. The molecular weight excluding hydrogens is 507 g/mol. The van der Waals surface area contributed by atoms with Gasteiger partial charge in [-0.25, -0.2) is 4.99 Å². The van der Waals surface area contributed by atoms with Crippen molar-refractivity contribution >= 4 is 29.9 Å². The van der Waals surface area contributed by atoms with Gasteiger partial charge in [-0.3, -0.25) is 0 Å². The molecule has 1 heterocycles. The van der Waals surface area contributed by atoms with E-state index < -0.39 is 0 Å². The Balaban J connectivity index is 0.00000480. The van der Waals surface area contributed by atoms with Gasteiger partial charge in [-0.05, 0) is 31.7 Å². The lowest BCUT2D eigenvalue weighted by Gasteiger charge is -2.17. The number of nitrogens with one attached hydrogen (secondary N) is 2. The Kier molecular flexibility index (Phi) is 14.1. The van der Waals surface area contributed by atoms with Gasteiger partial charge in [0.25, 0.3) is 0 Å². The molecule has 0 saturated carbocycles. The number of hydrogen-bond acceptors (Lipinski definition) is 5. The highest BCUT2D eigenvalue weighted by Gasteiger charge is 2.07. The zero-order valence-corrected chi connectivity index (χ0v) is 21.5. The van der Waals surface area contributed by atoms with E-state index in [9.17, 15) is 0 Å². The zero-order valence-electron chi connectivity index (χ0n) is 19.1. The first-order valence-electron chi connectivity index (χ1n) is 10.7. The molecule has 0 aliphatic rings. The number of benzene rings is 1. The summed E-state index contributed by atoms with van der Waals surface area (Å²) in [5, 5.41) is 15.1. The van der Waals surface area contributed by atoms with Crippen LogP contribution in [0.3, 0.4) is 0 Å². The summed E-state index contributed by atoms with van der Waals surface area (Å²) in [5.74, 6) is 2.83. The SMILES string of the molecule is CCOCCCNC(=NCc1nnc(C)n1C)NCC(C)COCc1ccccc1.I. The molecule has 0 aliphatic heterocycles. The highest BCUT2D eigenvalue weighted by Crippen LogP contribution is 2.03. The van der Waals surface area contributed by atoms with Crippen molar-refractivity contribution in [3.8, 4) is 0 Å². The molecule has 1 aromatic heterocycles. The average Bonchev–Trinajstić information content (AvgIpc) is 3.08.